The maximum atomic E-state index is 12.7. The number of nitrogens with two attached hydrogens (primary N) is 1. The summed E-state index contributed by atoms with van der Waals surface area (Å²) in [6, 6.07) is 7.28. The lowest BCUT2D eigenvalue weighted by molar-refractivity contribution is 0.0943. The molecule has 0 saturated heterocycles. The van der Waals surface area contributed by atoms with Crippen LogP contribution in [-0.2, 0) is 0 Å². The number of aromatic hydroxyl groups is 1. The van der Waals surface area contributed by atoms with Gasteiger partial charge in [0.2, 0.25) is 0 Å². The molecule has 2 aromatic carbocycles. The molecule has 1 amide bonds. The molecule has 0 fully saturated rings. The van der Waals surface area contributed by atoms with Crippen LogP contribution in [0.2, 0.25) is 0 Å². The molecule has 0 saturated carbocycles. The second kappa shape index (κ2) is 5.78. The fraction of sp³-hybridized carbons (Fsp3) is 0.118. The zero-order valence-corrected chi connectivity index (χ0v) is 12.5. The van der Waals surface area contributed by atoms with Gasteiger partial charge in [-0.1, -0.05) is 24.3 Å². The predicted octanol–water partition coefficient (Wildman–Crippen LogP) is 0.472. The number of phenols is 1. The molecule has 0 aromatic heterocycles. The zero-order valence-electron chi connectivity index (χ0n) is 12.5. The van der Waals surface area contributed by atoms with Gasteiger partial charge in [-0.3, -0.25) is 14.4 Å². The van der Waals surface area contributed by atoms with Crippen molar-refractivity contribution in [2.24, 2.45) is 0 Å². The van der Waals surface area contributed by atoms with Gasteiger partial charge in [-0.15, -0.1) is 0 Å². The SMILES string of the molecule is Nc1c(C(=O)NCCO)cc(O)c2c1C(=O)c1ccccc1C2=O. The summed E-state index contributed by atoms with van der Waals surface area (Å²) in [5.74, 6) is -2.18. The highest BCUT2D eigenvalue weighted by molar-refractivity contribution is 6.31. The lowest BCUT2D eigenvalue weighted by atomic mass is 9.81. The van der Waals surface area contributed by atoms with Crippen molar-refractivity contribution in [3.63, 3.8) is 0 Å². The van der Waals surface area contributed by atoms with Crippen LogP contribution in [0.5, 0.6) is 5.75 Å². The molecule has 0 heterocycles. The van der Waals surface area contributed by atoms with Crippen molar-refractivity contribution in [1.29, 1.82) is 0 Å². The van der Waals surface area contributed by atoms with Crippen LogP contribution in [0, 0.1) is 0 Å². The van der Waals surface area contributed by atoms with Crippen molar-refractivity contribution < 1.29 is 24.6 Å². The third-order valence-electron chi connectivity index (χ3n) is 3.86. The zero-order chi connectivity index (χ0) is 17.4. The first-order valence-corrected chi connectivity index (χ1v) is 7.20. The smallest absolute Gasteiger partial charge is 0.253 e. The maximum Gasteiger partial charge on any atom is 0.253 e. The number of rotatable bonds is 3. The molecule has 5 N–H and O–H groups in total. The molecule has 0 radical (unpaired) electrons. The van der Waals surface area contributed by atoms with Crippen molar-refractivity contribution in [3.05, 3.63) is 58.1 Å². The molecule has 0 aliphatic heterocycles. The van der Waals surface area contributed by atoms with Crippen LogP contribution >= 0.6 is 0 Å². The van der Waals surface area contributed by atoms with Crippen molar-refractivity contribution in [1.82, 2.24) is 5.32 Å². The summed E-state index contributed by atoms with van der Waals surface area (Å²) in [5, 5.41) is 21.4. The Hall–Kier alpha value is -3.19. The molecular weight excluding hydrogens is 312 g/mol. The summed E-state index contributed by atoms with van der Waals surface area (Å²) in [6.07, 6.45) is 0. The first-order chi connectivity index (χ1) is 11.5. The predicted molar refractivity (Wildman–Crippen MR) is 85.2 cm³/mol. The Bertz CT molecular complexity index is 889. The van der Waals surface area contributed by atoms with Gasteiger partial charge in [-0.05, 0) is 6.07 Å². The van der Waals surface area contributed by atoms with Gasteiger partial charge in [0.25, 0.3) is 5.91 Å². The van der Waals surface area contributed by atoms with Gasteiger partial charge >= 0.3 is 0 Å². The minimum absolute atomic E-state index is 0.00810. The van der Waals surface area contributed by atoms with Crippen LogP contribution in [0.1, 0.15) is 42.2 Å². The van der Waals surface area contributed by atoms with Gasteiger partial charge in [0, 0.05) is 17.7 Å². The second-order valence-corrected chi connectivity index (χ2v) is 5.29. The van der Waals surface area contributed by atoms with E-state index in [0.29, 0.717) is 0 Å². The molecule has 7 nitrogen and oxygen atoms in total. The van der Waals surface area contributed by atoms with Crippen molar-refractivity contribution in [2.45, 2.75) is 0 Å². The molecule has 1 aliphatic carbocycles. The Labute approximate surface area is 136 Å². The average Bonchev–Trinajstić information content (AvgIpc) is 2.59. The molecule has 24 heavy (non-hydrogen) atoms. The molecule has 122 valence electrons. The highest BCUT2D eigenvalue weighted by atomic mass is 16.3. The largest absolute Gasteiger partial charge is 0.507 e. The quantitative estimate of drug-likeness (QED) is 0.409. The van der Waals surface area contributed by atoms with Crippen molar-refractivity contribution >= 4 is 23.2 Å². The number of aliphatic hydroxyl groups is 1. The van der Waals surface area contributed by atoms with Gasteiger partial charge in [-0.25, -0.2) is 0 Å². The number of amides is 1. The molecule has 0 atom stereocenters. The number of phenolic OH excluding ortho intramolecular Hbond substituents is 1. The third kappa shape index (κ3) is 2.22. The number of hydrogen-bond acceptors (Lipinski definition) is 6. The van der Waals surface area contributed by atoms with E-state index < -0.39 is 23.2 Å². The van der Waals surface area contributed by atoms with E-state index >= 15 is 0 Å². The fourth-order valence-corrected chi connectivity index (χ4v) is 2.75. The van der Waals surface area contributed by atoms with E-state index in [4.69, 9.17) is 10.8 Å². The lowest BCUT2D eigenvalue weighted by Gasteiger charge is -2.21. The summed E-state index contributed by atoms with van der Waals surface area (Å²) in [5.41, 5.74) is 5.63. The summed E-state index contributed by atoms with van der Waals surface area (Å²) < 4.78 is 0. The summed E-state index contributed by atoms with van der Waals surface area (Å²) in [4.78, 5) is 37.4. The number of anilines is 1. The summed E-state index contributed by atoms with van der Waals surface area (Å²) in [7, 11) is 0. The van der Waals surface area contributed by atoms with Crippen LogP contribution < -0.4 is 11.1 Å². The number of nitrogens with one attached hydrogen (secondary N) is 1. The Morgan fingerprint density at radius 3 is 2.25 bits per heavy atom. The Morgan fingerprint density at radius 2 is 1.67 bits per heavy atom. The number of carbonyl (C=O) groups excluding carboxylic acids is 3. The number of ketones is 2. The van der Waals surface area contributed by atoms with Crippen LogP contribution in [0.3, 0.4) is 0 Å². The Kier molecular flexibility index (Phi) is 3.78. The highest BCUT2D eigenvalue weighted by Gasteiger charge is 2.35. The normalized spacial score (nSPS) is 12.5. The van der Waals surface area contributed by atoms with E-state index in [1.54, 1.807) is 12.1 Å². The molecule has 1 aliphatic rings. The number of fused-ring (bicyclic) bond motifs is 2. The Balaban J connectivity index is 2.21. The van der Waals surface area contributed by atoms with Gasteiger partial charge in [0.05, 0.1) is 29.0 Å². The van der Waals surface area contributed by atoms with Crippen LogP contribution in [0.4, 0.5) is 5.69 Å². The van der Waals surface area contributed by atoms with E-state index in [-0.39, 0.29) is 46.7 Å². The number of carbonyl (C=O) groups is 3. The summed E-state index contributed by atoms with van der Waals surface area (Å²) in [6.45, 7) is -0.279. The number of hydrogen-bond donors (Lipinski definition) is 4. The fourth-order valence-electron chi connectivity index (χ4n) is 2.75. The monoisotopic (exact) mass is 326 g/mol. The minimum Gasteiger partial charge on any atom is -0.507 e. The first kappa shape index (κ1) is 15.7. The van der Waals surface area contributed by atoms with Crippen molar-refractivity contribution in [3.8, 4) is 5.75 Å². The number of benzene rings is 2. The molecule has 0 bridgehead atoms. The number of aliphatic hydroxyl groups excluding tert-OH is 1. The van der Waals surface area contributed by atoms with Gasteiger partial charge in [-0.2, -0.15) is 0 Å². The second-order valence-electron chi connectivity index (χ2n) is 5.29. The molecule has 0 unspecified atom stereocenters. The van der Waals surface area contributed by atoms with Gasteiger partial charge < -0.3 is 21.3 Å². The minimum atomic E-state index is -0.654. The van der Waals surface area contributed by atoms with E-state index in [9.17, 15) is 19.5 Å². The summed E-state index contributed by atoms with van der Waals surface area (Å²) >= 11 is 0. The molecule has 0 spiro atoms. The maximum absolute atomic E-state index is 12.7. The van der Waals surface area contributed by atoms with Crippen molar-refractivity contribution in [2.75, 3.05) is 18.9 Å². The van der Waals surface area contributed by atoms with Crippen LogP contribution in [0.15, 0.2) is 30.3 Å². The average molecular weight is 326 g/mol. The van der Waals surface area contributed by atoms with Crippen LogP contribution in [-0.4, -0.2) is 40.8 Å². The van der Waals surface area contributed by atoms with E-state index in [1.807, 2.05) is 0 Å². The van der Waals surface area contributed by atoms with Gasteiger partial charge in [0.15, 0.2) is 11.6 Å². The lowest BCUT2D eigenvalue weighted by Crippen LogP contribution is -2.29. The Morgan fingerprint density at radius 1 is 1.08 bits per heavy atom. The third-order valence-corrected chi connectivity index (χ3v) is 3.86. The van der Waals surface area contributed by atoms with E-state index in [2.05, 4.69) is 5.32 Å². The van der Waals surface area contributed by atoms with E-state index in [1.165, 1.54) is 12.1 Å². The molecule has 3 rings (SSSR count). The highest BCUT2D eigenvalue weighted by Crippen LogP contribution is 2.37. The van der Waals surface area contributed by atoms with Crippen LogP contribution in [0.25, 0.3) is 0 Å². The topological polar surface area (TPSA) is 130 Å². The van der Waals surface area contributed by atoms with Gasteiger partial charge in [0.1, 0.15) is 5.75 Å². The molecule has 2 aromatic rings. The molecule has 7 heteroatoms. The first-order valence-electron chi connectivity index (χ1n) is 7.20. The molecular formula is C17H14N2O5. The number of nitrogen functional groups attached to an aromatic ring is 1. The standard InChI is InChI=1S/C17H14N2O5/c18-14-10(17(24)19-5-6-20)7-11(21)12-13(14)16(23)9-4-2-1-3-8(9)15(12)22/h1-4,7,20-21H,5-6,18H2,(H,19,24). The van der Waals surface area contributed by atoms with E-state index in [0.717, 1.165) is 6.07 Å².